The lowest BCUT2D eigenvalue weighted by atomic mass is 9.88. The molecule has 17 nitrogen and oxygen atoms in total. The van der Waals surface area contributed by atoms with Crippen molar-refractivity contribution < 1.29 is 83.6 Å². The first-order valence-corrected chi connectivity index (χ1v) is 23.1. The number of aliphatic hydroxyl groups is 6. The standard InChI is InChI=1S/C48H68Cl2O17/c1-11-27-20-23(4)30(52)16-14-13-15-28(21-62-47-42(61-10)39(57)41(26(7)63-47)65-45(60)32-29(12-2)33(49)36(54)34(50)35(32)53)44(59)64-31(25(6)51)18-17-22(3)19-24(5)40(27)66-46-38(56)37(55)43(58)48(8,9)67-46/h13-15,17,19-20,25-27,30-31,37-43,46-47,51-58H,11-12,16,18,21H2,1-10H3/b14-13-,22-17-,23-20-,24-19-,28-15-. The number of aliphatic hydroxyl groups excluding tert-OH is 6. The van der Waals surface area contributed by atoms with Gasteiger partial charge in [0.15, 0.2) is 30.2 Å². The summed E-state index contributed by atoms with van der Waals surface area (Å²) in [4.78, 5) is 27.3. The number of phenols is 2. The Morgan fingerprint density at radius 2 is 1.61 bits per heavy atom. The fraction of sp³-hybridized carbons (Fsp3) is 0.625. The Kier molecular flexibility index (Phi) is 20.5. The quantitative estimate of drug-likeness (QED) is 0.107. The largest absolute Gasteiger partial charge is 0.505 e. The van der Waals surface area contributed by atoms with Crippen molar-refractivity contribution in [2.45, 2.75) is 173 Å². The summed E-state index contributed by atoms with van der Waals surface area (Å²) in [5.41, 5.74) is 0.400. The Balaban J connectivity index is 1.60. The summed E-state index contributed by atoms with van der Waals surface area (Å²) in [5, 5.41) is 85.7. The number of aromatic hydroxyl groups is 2. The highest BCUT2D eigenvalue weighted by Crippen LogP contribution is 2.45. The Labute approximate surface area is 401 Å². The maximum atomic E-state index is 13.9. The van der Waals surface area contributed by atoms with Gasteiger partial charge in [0.1, 0.15) is 47.2 Å². The summed E-state index contributed by atoms with van der Waals surface area (Å²) in [7, 11) is 1.26. The van der Waals surface area contributed by atoms with Gasteiger partial charge in [0.2, 0.25) is 0 Å². The minimum Gasteiger partial charge on any atom is -0.505 e. The van der Waals surface area contributed by atoms with Crippen LogP contribution in [0.15, 0.2) is 58.7 Å². The van der Waals surface area contributed by atoms with Gasteiger partial charge in [-0.05, 0) is 90.5 Å². The maximum absolute atomic E-state index is 13.9. The molecule has 8 N–H and O–H groups in total. The Morgan fingerprint density at radius 3 is 2.22 bits per heavy atom. The predicted octanol–water partition coefficient (Wildman–Crippen LogP) is 5.03. The van der Waals surface area contributed by atoms with Gasteiger partial charge in [-0.3, -0.25) is 0 Å². The number of allylic oxidation sites excluding steroid dienone is 4. The lowest BCUT2D eigenvalue weighted by Gasteiger charge is -2.46. The first kappa shape index (κ1) is 56.2. The van der Waals surface area contributed by atoms with Crippen LogP contribution < -0.4 is 0 Å². The van der Waals surface area contributed by atoms with Crippen molar-refractivity contribution in [2.24, 2.45) is 5.92 Å². The van der Waals surface area contributed by atoms with Crippen LogP contribution in [0, 0.1) is 5.92 Å². The number of phenolic OH excluding ortho intramolecular Hbond substituents is 2. The third-order valence-electron chi connectivity index (χ3n) is 12.3. The number of ether oxygens (including phenoxy) is 7. The number of carbonyl (C=O) groups is 2. The van der Waals surface area contributed by atoms with Crippen LogP contribution in [0.4, 0.5) is 0 Å². The van der Waals surface area contributed by atoms with Crippen LogP contribution in [-0.4, -0.2) is 152 Å². The molecular formula is C48H68Cl2O17. The molecule has 0 spiro atoms. The molecule has 0 saturated carbocycles. The second kappa shape index (κ2) is 24.4. The smallest absolute Gasteiger partial charge is 0.342 e. The van der Waals surface area contributed by atoms with Crippen LogP contribution >= 0.6 is 23.2 Å². The molecule has 2 fully saturated rings. The van der Waals surface area contributed by atoms with Crippen LogP contribution in [0.25, 0.3) is 0 Å². The number of cyclic esters (lactones) is 1. The Morgan fingerprint density at radius 1 is 0.940 bits per heavy atom. The zero-order valence-corrected chi connectivity index (χ0v) is 41.1. The molecular weight excluding hydrogens is 919 g/mol. The van der Waals surface area contributed by atoms with Gasteiger partial charge in [-0.25, -0.2) is 9.59 Å². The Bertz CT molecular complexity index is 2050. The molecule has 1 aromatic carbocycles. The number of halogens is 2. The van der Waals surface area contributed by atoms with E-state index in [2.05, 4.69) is 0 Å². The van der Waals surface area contributed by atoms with Crippen LogP contribution in [0.2, 0.25) is 10.0 Å². The summed E-state index contributed by atoms with van der Waals surface area (Å²) in [6, 6.07) is 0. The minimum atomic E-state index is -1.57. The molecule has 0 aromatic heterocycles. The van der Waals surface area contributed by atoms with E-state index >= 15 is 0 Å². The monoisotopic (exact) mass is 986 g/mol. The molecule has 1 aromatic rings. The van der Waals surface area contributed by atoms with Crippen LogP contribution in [0.1, 0.15) is 97.5 Å². The van der Waals surface area contributed by atoms with Crippen LogP contribution in [0.3, 0.4) is 0 Å². The molecule has 0 amide bonds. The molecule has 67 heavy (non-hydrogen) atoms. The summed E-state index contributed by atoms with van der Waals surface area (Å²) in [6.07, 6.45) is -5.33. The molecule has 3 aliphatic heterocycles. The van der Waals surface area contributed by atoms with Crippen LogP contribution in [0.5, 0.6) is 11.5 Å². The number of benzene rings is 1. The van der Waals surface area contributed by atoms with E-state index < -0.39 is 126 Å². The molecule has 3 heterocycles. The molecule has 2 saturated heterocycles. The Hall–Kier alpha value is -3.40. The molecule has 4 rings (SSSR count). The van der Waals surface area contributed by atoms with E-state index in [1.807, 2.05) is 32.9 Å². The number of methoxy groups -OCH3 is 1. The zero-order chi connectivity index (χ0) is 50.2. The summed E-state index contributed by atoms with van der Waals surface area (Å²) in [5.74, 6) is -3.68. The van der Waals surface area contributed by atoms with Gasteiger partial charge in [-0.15, -0.1) is 0 Å². The SMILES string of the molecule is CCc1c(Cl)c(O)c(Cl)c(O)c1C(=O)OC1C(C)OC(OC/C2=C/C=C\CC(O)/C(C)=C\C(CC)C(OC3OC(C)(C)C(O)C(O)C3O)/C(C)=C\C(C)=C/CC(C(C)O)OC2=O)C(OC)C1O. The van der Waals surface area contributed by atoms with E-state index in [1.165, 1.54) is 33.1 Å². The van der Waals surface area contributed by atoms with Gasteiger partial charge in [0.25, 0.3) is 0 Å². The first-order valence-electron chi connectivity index (χ1n) is 22.3. The van der Waals surface area contributed by atoms with Crippen molar-refractivity contribution in [3.05, 3.63) is 79.9 Å². The predicted molar refractivity (Wildman–Crippen MR) is 246 cm³/mol. The van der Waals surface area contributed by atoms with Gasteiger partial charge in [-0.2, -0.15) is 0 Å². The van der Waals surface area contributed by atoms with Crippen molar-refractivity contribution >= 4 is 35.1 Å². The van der Waals surface area contributed by atoms with Gasteiger partial charge in [0, 0.05) is 19.4 Å². The molecule has 14 atom stereocenters. The fourth-order valence-electron chi connectivity index (χ4n) is 8.14. The van der Waals surface area contributed by atoms with Crippen molar-refractivity contribution in [2.75, 3.05) is 13.7 Å². The van der Waals surface area contributed by atoms with E-state index in [0.717, 1.165) is 0 Å². The highest BCUT2D eigenvalue weighted by molar-refractivity contribution is 6.39. The third kappa shape index (κ3) is 13.5. The van der Waals surface area contributed by atoms with E-state index in [0.29, 0.717) is 23.1 Å². The second-order valence-corrected chi connectivity index (χ2v) is 18.6. The van der Waals surface area contributed by atoms with Gasteiger partial charge in [-0.1, -0.05) is 73.0 Å². The fourth-order valence-corrected chi connectivity index (χ4v) is 8.70. The number of rotatable bonds is 11. The van der Waals surface area contributed by atoms with Gasteiger partial charge < -0.3 is 74.0 Å². The molecule has 0 aliphatic carbocycles. The van der Waals surface area contributed by atoms with Crippen LogP contribution in [-0.2, 0) is 44.4 Å². The van der Waals surface area contributed by atoms with Crippen molar-refractivity contribution in [1.82, 2.24) is 0 Å². The summed E-state index contributed by atoms with van der Waals surface area (Å²) < 4.78 is 41.5. The number of hydrogen-bond donors (Lipinski definition) is 8. The number of hydrogen-bond acceptors (Lipinski definition) is 17. The molecule has 14 unspecified atom stereocenters. The average molecular weight is 988 g/mol. The molecule has 0 radical (unpaired) electrons. The lowest BCUT2D eigenvalue weighted by molar-refractivity contribution is -0.331. The normalized spacial score (nSPS) is 36.6. The minimum absolute atomic E-state index is 0.0296. The van der Waals surface area contributed by atoms with E-state index in [-0.39, 0.29) is 41.3 Å². The highest BCUT2D eigenvalue weighted by Gasteiger charge is 2.50. The third-order valence-corrected chi connectivity index (χ3v) is 13.1. The number of esters is 2. The van der Waals surface area contributed by atoms with E-state index in [9.17, 15) is 50.4 Å². The second-order valence-electron chi connectivity index (χ2n) is 17.8. The molecule has 3 aliphatic rings. The average Bonchev–Trinajstić information content (AvgIpc) is 3.27. The van der Waals surface area contributed by atoms with Crippen molar-refractivity contribution in [3.8, 4) is 11.5 Å². The summed E-state index contributed by atoms with van der Waals surface area (Å²) in [6.45, 7) is 14.7. The molecule has 19 heteroatoms. The highest BCUT2D eigenvalue weighted by atomic mass is 35.5. The van der Waals surface area contributed by atoms with E-state index in [1.54, 1.807) is 39.8 Å². The molecule has 0 bridgehead atoms. The first-order chi connectivity index (χ1) is 31.4. The zero-order valence-electron chi connectivity index (χ0n) is 39.6. The van der Waals surface area contributed by atoms with Crippen molar-refractivity contribution in [1.29, 1.82) is 0 Å². The lowest BCUT2D eigenvalue weighted by Crippen LogP contribution is -2.63. The number of carbonyl (C=O) groups excluding carboxylic acids is 2. The van der Waals surface area contributed by atoms with Gasteiger partial charge >= 0.3 is 11.9 Å². The topological polar surface area (TPSA) is 261 Å². The van der Waals surface area contributed by atoms with E-state index in [4.69, 9.17) is 56.4 Å². The van der Waals surface area contributed by atoms with Gasteiger partial charge in [0.05, 0.1) is 47.2 Å². The molecule has 376 valence electrons. The maximum Gasteiger partial charge on any atom is 0.342 e. The van der Waals surface area contributed by atoms with Crippen molar-refractivity contribution in [3.63, 3.8) is 0 Å². The summed E-state index contributed by atoms with van der Waals surface area (Å²) >= 11 is 12.3.